The maximum absolute atomic E-state index is 12.6. The topological polar surface area (TPSA) is 67.2 Å². The van der Waals surface area contributed by atoms with Gasteiger partial charge in [-0.1, -0.05) is 0 Å². The smallest absolute Gasteiger partial charge is 0.244 e. The Morgan fingerprint density at radius 2 is 2.12 bits per heavy atom. The predicted molar refractivity (Wildman–Crippen MR) is 97.8 cm³/mol. The van der Waals surface area contributed by atoms with Gasteiger partial charge in [-0.25, -0.2) is 9.97 Å². The molecule has 1 amide bonds. The Morgan fingerprint density at radius 1 is 1.20 bits per heavy atom. The van der Waals surface area contributed by atoms with Crippen LogP contribution in [0.3, 0.4) is 0 Å². The molecule has 0 aromatic carbocycles. The molecule has 7 nitrogen and oxygen atoms in total. The van der Waals surface area contributed by atoms with E-state index in [2.05, 4.69) is 26.0 Å². The lowest BCUT2D eigenvalue weighted by Gasteiger charge is -2.23. The number of carbonyl (C=O) groups is 1. The van der Waals surface area contributed by atoms with Crippen molar-refractivity contribution in [2.45, 2.75) is 19.9 Å². The van der Waals surface area contributed by atoms with Gasteiger partial charge in [0.25, 0.3) is 0 Å². The fourth-order valence-corrected chi connectivity index (χ4v) is 3.92. The molecule has 25 heavy (non-hydrogen) atoms. The zero-order valence-corrected chi connectivity index (χ0v) is 14.9. The third kappa shape index (κ3) is 3.34. The summed E-state index contributed by atoms with van der Waals surface area (Å²) in [5.41, 5.74) is 0.929. The number of fused-ring (bicyclic) bond motifs is 1. The predicted octanol–water partition coefficient (Wildman–Crippen LogP) is 1.94. The summed E-state index contributed by atoms with van der Waals surface area (Å²) < 4.78 is 1.71. The van der Waals surface area contributed by atoms with Crippen molar-refractivity contribution >= 4 is 33.3 Å². The van der Waals surface area contributed by atoms with Crippen LogP contribution in [0.1, 0.15) is 12.1 Å². The summed E-state index contributed by atoms with van der Waals surface area (Å²) in [6.45, 7) is 5.38. The van der Waals surface area contributed by atoms with E-state index in [-0.39, 0.29) is 5.91 Å². The van der Waals surface area contributed by atoms with Gasteiger partial charge < -0.3 is 9.80 Å². The van der Waals surface area contributed by atoms with Crippen molar-refractivity contribution < 1.29 is 4.79 Å². The molecule has 1 aliphatic heterocycles. The lowest BCUT2D eigenvalue weighted by atomic mass is 10.3. The van der Waals surface area contributed by atoms with Crippen molar-refractivity contribution in [3.8, 4) is 0 Å². The molecule has 1 fully saturated rings. The van der Waals surface area contributed by atoms with E-state index >= 15 is 0 Å². The first kappa shape index (κ1) is 16.0. The van der Waals surface area contributed by atoms with Gasteiger partial charge in [0.15, 0.2) is 0 Å². The zero-order valence-electron chi connectivity index (χ0n) is 14.1. The molecule has 8 heteroatoms. The second-order valence-electron chi connectivity index (χ2n) is 6.21. The molecule has 0 bridgehead atoms. The molecule has 0 N–H and O–H groups in total. The number of aromatic nitrogens is 4. The molecule has 0 spiro atoms. The van der Waals surface area contributed by atoms with Crippen molar-refractivity contribution in [2.24, 2.45) is 0 Å². The number of anilines is 1. The molecule has 0 radical (unpaired) electrons. The van der Waals surface area contributed by atoms with Crippen LogP contribution in [0.15, 0.2) is 30.0 Å². The summed E-state index contributed by atoms with van der Waals surface area (Å²) in [6, 6.07) is 3.99. The molecular weight excluding hydrogens is 336 g/mol. The van der Waals surface area contributed by atoms with E-state index < -0.39 is 0 Å². The van der Waals surface area contributed by atoms with E-state index in [1.54, 1.807) is 22.3 Å². The standard InChI is InChI=1S/C17H20N6OS/c1-13-3-7-23(20-13)11-15(24)21-5-2-6-22(9-8-21)16-14-4-10-25-17(14)19-12-18-16/h3-4,7,10,12H,2,5-6,8-9,11H2,1H3. The van der Waals surface area contributed by atoms with Crippen LogP contribution in [0.5, 0.6) is 0 Å². The highest BCUT2D eigenvalue weighted by molar-refractivity contribution is 7.16. The summed E-state index contributed by atoms with van der Waals surface area (Å²) in [5.74, 6) is 1.09. The Balaban J connectivity index is 1.45. The van der Waals surface area contributed by atoms with E-state index in [1.165, 1.54) is 0 Å². The number of thiophene rings is 1. The minimum atomic E-state index is 0.119. The lowest BCUT2D eigenvalue weighted by molar-refractivity contribution is -0.131. The van der Waals surface area contributed by atoms with Crippen LogP contribution in [0.25, 0.3) is 10.2 Å². The van der Waals surface area contributed by atoms with E-state index in [0.29, 0.717) is 13.1 Å². The Hall–Kier alpha value is -2.48. The van der Waals surface area contributed by atoms with Crippen LogP contribution in [0, 0.1) is 6.92 Å². The molecule has 3 aromatic heterocycles. The highest BCUT2D eigenvalue weighted by atomic mass is 32.1. The molecule has 4 heterocycles. The number of amides is 1. The molecular formula is C17H20N6OS. The van der Waals surface area contributed by atoms with Gasteiger partial charge in [-0.15, -0.1) is 11.3 Å². The van der Waals surface area contributed by atoms with Crippen molar-refractivity contribution in [1.82, 2.24) is 24.6 Å². The van der Waals surface area contributed by atoms with Crippen LogP contribution in [-0.2, 0) is 11.3 Å². The second-order valence-corrected chi connectivity index (χ2v) is 7.11. The van der Waals surface area contributed by atoms with Gasteiger partial charge in [0.2, 0.25) is 5.91 Å². The van der Waals surface area contributed by atoms with Crippen molar-refractivity contribution in [3.63, 3.8) is 0 Å². The molecule has 1 saturated heterocycles. The van der Waals surface area contributed by atoms with Crippen LogP contribution in [-0.4, -0.2) is 56.7 Å². The van der Waals surface area contributed by atoms with Crippen LogP contribution in [0.4, 0.5) is 5.82 Å². The van der Waals surface area contributed by atoms with E-state index in [9.17, 15) is 4.79 Å². The highest BCUT2D eigenvalue weighted by Gasteiger charge is 2.21. The monoisotopic (exact) mass is 356 g/mol. The normalized spacial score (nSPS) is 15.6. The summed E-state index contributed by atoms with van der Waals surface area (Å²) in [7, 11) is 0. The molecule has 1 aliphatic rings. The fourth-order valence-electron chi connectivity index (χ4n) is 3.20. The Bertz CT molecular complexity index is 888. The Labute approximate surface area is 149 Å². The fraction of sp³-hybridized carbons (Fsp3) is 0.412. The largest absolute Gasteiger partial charge is 0.354 e. The molecule has 0 unspecified atom stereocenters. The van der Waals surface area contributed by atoms with Crippen LogP contribution >= 0.6 is 11.3 Å². The molecule has 3 aromatic rings. The SMILES string of the molecule is Cc1ccn(CC(=O)N2CCCN(c3ncnc4sccc34)CC2)n1. The number of nitrogens with zero attached hydrogens (tertiary/aromatic N) is 6. The molecule has 0 aliphatic carbocycles. The number of hydrogen-bond donors (Lipinski definition) is 0. The average Bonchev–Trinajstić information content (AvgIpc) is 3.16. The van der Waals surface area contributed by atoms with Gasteiger partial charge >= 0.3 is 0 Å². The van der Waals surface area contributed by atoms with Gasteiger partial charge in [-0.05, 0) is 30.9 Å². The van der Waals surface area contributed by atoms with Gasteiger partial charge in [-0.2, -0.15) is 5.10 Å². The number of rotatable bonds is 3. The summed E-state index contributed by atoms with van der Waals surface area (Å²) in [4.78, 5) is 26.6. The quantitative estimate of drug-likeness (QED) is 0.717. The van der Waals surface area contributed by atoms with E-state index in [1.807, 2.05) is 29.5 Å². The maximum atomic E-state index is 12.6. The first-order chi connectivity index (χ1) is 12.2. The minimum Gasteiger partial charge on any atom is -0.354 e. The van der Waals surface area contributed by atoms with Gasteiger partial charge in [0, 0.05) is 32.4 Å². The number of hydrogen-bond acceptors (Lipinski definition) is 6. The van der Waals surface area contributed by atoms with Crippen molar-refractivity contribution in [3.05, 3.63) is 35.7 Å². The van der Waals surface area contributed by atoms with E-state index in [4.69, 9.17) is 0 Å². The maximum Gasteiger partial charge on any atom is 0.244 e. The first-order valence-electron chi connectivity index (χ1n) is 8.42. The molecule has 0 saturated carbocycles. The molecule has 130 valence electrons. The summed E-state index contributed by atoms with van der Waals surface area (Å²) >= 11 is 1.63. The highest BCUT2D eigenvalue weighted by Crippen LogP contribution is 2.27. The van der Waals surface area contributed by atoms with Crippen molar-refractivity contribution in [2.75, 3.05) is 31.1 Å². The molecule has 4 rings (SSSR count). The lowest BCUT2D eigenvalue weighted by Crippen LogP contribution is -2.37. The Morgan fingerprint density at radius 3 is 2.96 bits per heavy atom. The third-order valence-electron chi connectivity index (χ3n) is 4.46. The number of carbonyl (C=O) groups excluding carboxylic acids is 1. The average molecular weight is 356 g/mol. The zero-order chi connectivity index (χ0) is 17.2. The van der Waals surface area contributed by atoms with Crippen LogP contribution < -0.4 is 4.90 Å². The molecule has 0 atom stereocenters. The van der Waals surface area contributed by atoms with Crippen molar-refractivity contribution in [1.29, 1.82) is 0 Å². The third-order valence-corrected chi connectivity index (χ3v) is 5.28. The van der Waals surface area contributed by atoms with Crippen LogP contribution in [0.2, 0.25) is 0 Å². The van der Waals surface area contributed by atoms with Gasteiger partial charge in [-0.3, -0.25) is 9.48 Å². The summed E-state index contributed by atoms with van der Waals surface area (Å²) in [6.07, 6.45) is 4.41. The van der Waals surface area contributed by atoms with Gasteiger partial charge in [0.05, 0.1) is 11.1 Å². The summed E-state index contributed by atoms with van der Waals surface area (Å²) in [5, 5.41) is 7.44. The second kappa shape index (κ2) is 6.79. The Kier molecular flexibility index (Phi) is 4.35. The first-order valence-corrected chi connectivity index (χ1v) is 9.29. The van der Waals surface area contributed by atoms with Gasteiger partial charge in [0.1, 0.15) is 23.5 Å². The minimum absolute atomic E-state index is 0.119. The van der Waals surface area contributed by atoms with E-state index in [0.717, 1.165) is 47.8 Å². The number of aryl methyl sites for hydroxylation is 1.